The molecule has 0 saturated carbocycles. The minimum Gasteiger partial charge on any atom is -0.334 e. The number of carbonyl (C=O) groups excluding carboxylic acids is 1. The van der Waals surface area contributed by atoms with E-state index in [2.05, 4.69) is 15.6 Å². The molecule has 4 nitrogen and oxygen atoms in total. The van der Waals surface area contributed by atoms with Crippen LogP contribution in [0.15, 0.2) is 30.6 Å². The van der Waals surface area contributed by atoms with Crippen molar-refractivity contribution in [3.63, 3.8) is 0 Å². The third-order valence-corrected chi connectivity index (χ3v) is 4.87. The number of hydrogen-bond acceptors (Lipinski definition) is 3. The number of benzene rings is 1. The van der Waals surface area contributed by atoms with E-state index in [1.807, 2.05) is 0 Å². The van der Waals surface area contributed by atoms with Crippen LogP contribution in [0.2, 0.25) is 0 Å². The minimum absolute atomic E-state index is 0.397. The summed E-state index contributed by atoms with van der Waals surface area (Å²) in [7, 11) is 0. The second kappa shape index (κ2) is 7.10. The molecule has 2 amide bonds. The average molecular weight is 401 g/mol. The van der Waals surface area contributed by atoms with Gasteiger partial charge in [0.2, 0.25) is 0 Å². The normalized spacial score (nSPS) is 11.6. The Hall–Kier alpha value is -2.75. The topological polar surface area (TPSA) is 54.0 Å². The number of rotatable bonds is 3. The smallest absolute Gasteiger partial charge is 0.334 e. The van der Waals surface area contributed by atoms with Crippen molar-refractivity contribution in [3.8, 4) is 0 Å². The van der Waals surface area contributed by atoms with E-state index in [-0.39, 0.29) is 0 Å². The minimum atomic E-state index is -5.00. The Morgan fingerprint density at radius 2 is 1.93 bits per heavy atom. The summed E-state index contributed by atoms with van der Waals surface area (Å²) < 4.78 is 66.0. The largest absolute Gasteiger partial charge is 0.419 e. The molecule has 0 aliphatic heterocycles. The molecule has 0 aliphatic carbocycles. The maximum atomic E-state index is 13.8. The molecule has 0 radical (unpaired) electrons. The van der Waals surface area contributed by atoms with Crippen LogP contribution < -0.4 is 10.6 Å². The van der Waals surface area contributed by atoms with Gasteiger partial charge in [-0.3, -0.25) is 4.98 Å². The monoisotopic (exact) mass is 401 g/mol. The lowest BCUT2D eigenvalue weighted by Crippen LogP contribution is -2.29. The Bertz CT molecular complexity index is 1020. The fourth-order valence-corrected chi connectivity index (χ4v) is 3.49. The van der Waals surface area contributed by atoms with Crippen molar-refractivity contribution in [2.45, 2.75) is 19.6 Å². The summed E-state index contributed by atoms with van der Waals surface area (Å²) in [4.78, 5) is 16.9. The lowest BCUT2D eigenvalue weighted by Gasteiger charge is -2.12. The maximum Gasteiger partial charge on any atom is 0.419 e. The molecule has 0 aliphatic rings. The van der Waals surface area contributed by atoms with Gasteiger partial charge < -0.3 is 10.6 Å². The second-order valence-electron chi connectivity index (χ2n) is 5.61. The van der Waals surface area contributed by atoms with Crippen LogP contribution in [-0.2, 0) is 12.7 Å². The predicted octanol–water partition coefficient (Wildman–Crippen LogP) is 5.22. The van der Waals surface area contributed by atoms with Gasteiger partial charge in [-0.2, -0.15) is 13.2 Å². The van der Waals surface area contributed by atoms with E-state index in [1.54, 1.807) is 25.4 Å². The molecule has 2 N–H and O–H groups in total. The van der Waals surface area contributed by atoms with E-state index < -0.39 is 41.5 Å². The van der Waals surface area contributed by atoms with Crippen molar-refractivity contribution in [2.75, 3.05) is 5.32 Å². The zero-order chi connectivity index (χ0) is 19.8. The summed E-state index contributed by atoms with van der Waals surface area (Å²) in [5.41, 5.74) is -1.54. The Balaban J connectivity index is 1.73. The van der Waals surface area contributed by atoms with Gasteiger partial charge in [0.25, 0.3) is 0 Å². The lowest BCUT2D eigenvalue weighted by molar-refractivity contribution is -0.140. The predicted molar refractivity (Wildman–Crippen MR) is 91.6 cm³/mol. The highest BCUT2D eigenvalue weighted by molar-refractivity contribution is 7.19. The Labute approximate surface area is 154 Å². The Morgan fingerprint density at radius 1 is 1.19 bits per heavy atom. The molecule has 2 heterocycles. The van der Waals surface area contributed by atoms with Crippen LogP contribution in [0.1, 0.15) is 16.0 Å². The average Bonchev–Trinajstić information content (AvgIpc) is 2.91. The zero-order valence-electron chi connectivity index (χ0n) is 13.7. The van der Waals surface area contributed by atoms with Crippen LogP contribution in [0.25, 0.3) is 10.1 Å². The number of thiophene rings is 1. The summed E-state index contributed by atoms with van der Waals surface area (Å²) in [6.07, 6.45) is -1.78. The number of alkyl halides is 3. The molecule has 27 heavy (non-hydrogen) atoms. The van der Waals surface area contributed by atoms with Crippen LogP contribution in [0.5, 0.6) is 0 Å². The standard InChI is InChI=1S/C17H12F5N3OS/c1-8-15(10-4-5-23-7-12(10)27-8)25-16(26)24-6-9-2-3-11(17(20,21)22)14(19)13(9)18/h2-5,7H,6H2,1H3,(H2,24,25,26). The van der Waals surface area contributed by atoms with Gasteiger partial charge in [-0.05, 0) is 19.1 Å². The molecular formula is C17H12F5N3OS. The molecule has 2 aromatic heterocycles. The molecule has 0 spiro atoms. The van der Waals surface area contributed by atoms with Gasteiger partial charge in [-0.15, -0.1) is 11.3 Å². The highest BCUT2D eigenvalue weighted by atomic mass is 32.1. The number of pyridine rings is 1. The van der Waals surface area contributed by atoms with Gasteiger partial charge in [-0.25, -0.2) is 13.6 Å². The van der Waals surface area contributed by atoms with Crippen molar-refractivity contribution in [3.05, 3.63) is 58.2 Å². The van der Waals surface area contributed by atoms with Gasteiger partial charge in [0.05, 0.1) is 16.0 Å². The molecule has 10 heteroatoms. The van der Waals surface area contributed by atoms with E-state index in [9.17, 15) is 26.7 Å². The van der Waals surface area contributed by atoms with Crippen molar-refractivity contribution < 1.29 is 26.7 Å². The zero-order valence-corrected chi connectivity index (χ0v) is 14.6. The first-order chi connectivity index (χ1) is 12.7. The van der Waals surface area contributed by atoms with Gasteiger partial charge in [-0.1, -0.05) is 6.07 Å². The molecule has 0 bridgehead atoms. The summed E-state index contributed by atoms with van der Waals surface area (Å²) in [5, 5.41) is 5.69. The van der Waals surface area contributed by atoms with Gasteiger partial charge in [0.15, 0.2) is 11.6 Å². The van der Waals surface area contributed by atoms with Crippen molar-refractivity contribution in [1.82, 2.24) is 10.3 Å². The molecule has 0 atom stereocenters. The first kappa shape index (κ1) is 19.0. The van der Waals surface area contributed by atoms with Crippen LogP contribution in [0, 0.1) is 18.6 Å². The third-order valence-electron chi connectivity index (χ3n) is 3.81. The fourth-order valence-electron chi connectivity index (χ4n) is 2.51. The Kier molecular flexibility index (Phi) is 5.01. The van der Waals surface area contributed by atoms with E-state index in [1.165, 1.54) is 11.3 Å². The number of fused-ring (bicyclic) bond motifs is 1. The summed E-state index contributed by atoms with van der Waals surface area (Å²) in [6.45, 7) is 1.32. The highest BCUT2D eigenvalue weighted by Gasteiger charge is 2.35. The van der Waals surface area contributed by atoms with Crippen molar-refractivity contribution in [1.29, 1.82) is 0 Å². The maximum absolute atomic E-state index is 13.8. The number of aryl methyl sites for hydroxylation is 1. The Morgan fingerprint density at radius 3 is 2.63 bits per heavy atom. The number of aromatic nitrogens is 1. The second-order valence-corrected chi connectivity index (χ2v) is 6.87. The number of carbonyl (C=O) groups is 1. The SMILES string of the molecule is Cc1sc2cnccc2c1NC(=O)NCc1ccc(C(F)(F)F)c(F)c1F. The number of amides is 2. The number of anilines is 1. The molecule has 0 fully saturated rings. The van der Waals surface area contributed by atoms with Crippen LogP contribution in [0.3, 0.4) is 0 Å². The van der Waals surface area contributed by atoms with Crippen molar-refractivity contribution in [2.24, 2.45) is 0 Å². The van der Waals surface area contributed by atoms with Crippen LogP contribution >= 0.6 is 11.3 Å². The molecule has 0 unspecified atom stereocenters. The summed E-state index contributed by atoms with van der Waals surface area (Å²) >= 11 is 1.42. The summed E-state index contributed by atoms with van der Waals surface area (Å²) in [6, 6.07) is 2.25. The van der Waals surface area contributed by atoms with E-state index in [0.717, 1.165) is 21.0 Å². The third kappa shape index (κ3) is 3.85. The number of halogens is 5. The van der Waals surface area contributed by atoms with Crippen molar-refractivity contribution >= 4 is 33.1 Å². The number of nitrogens with zero attached hydrogens (tertiary/aromatic N) is 1. The highest BCUT2D eigenvalue weighted by Crippen LogP contribution is 2.35. The number of nitrogens with one attached hydrogen (secondary N) is 2. The van der Waals surface area contributed by atoms with Gasteiger partial charge in [0.1, 0.15) is 0 Å². The van der Waals surface area contributed by atoms with E-state index in [4.69, 9.17) is 0 Å². The molecule has 142 valence electrons. The van der Waals surface area contributed by atoms with Gasteiger partial charge >= 0.3 is 12.2 Å². The molecule has 3 rings (SSSR count). The van der Waals surface area contributed by atoms with Crippen LogP contribution in [-0.4, -0.2) is 11.0 Å². The summed E-state index contributed by atoms with van der Waals surface area (Å²) in [5.74, 6) is -3.64. The quantitative estimate of drug-likeness (QED) is 0.591. The lowest BCUT2D eigenvalue weighted by atomic mass is 10.1. The molecule has 3 aromatic rings. The molecule has 1 aromatic carbocycles. The number of hydrogen-bond donors (Lipinski definition) is 2. The molecular weight excluding hydrogens is 389 g/mol. The van der Waals surface area contributed by atoms with E-state index in [0.29, 0.717) is 11.8 Å². The number of urea groups is 1. The molecule has 0 saturated heterocycles. The van der Waals surface area contributed by atoms with E-state index >= 15 is 0 Å². The van der Waals surface area contributed by atoms with Gasteiger partial charge in [0, 0.05) is 34.8 Å². The first-order valence-electron chi connectivity index (χ1n) is 7.60. The van der Waals surface area contributed by atoms with Crippen LogP contribution in [0.4, 0.5) is 32.4 Å². The first-order valence-corrected chi connectivity index (χ1v) is 8.42. The fraction of sp³-hybridized carbons (Fsp3) is 0.176.